The second kappa shape index (κ2) is 11.1. The summed E-state index contributed by atoms with van der Waals surface area (Å²) in [5.41, 5.74) is 2.02. The van der Waals surface area contributed by atoms with Crippen molar-refractivity contribution >= 4 is 6.03 Å². The Labute approximate surface area is 167 Å². The fraction of sp³-hybridized carbons (Fsp3) is 0.409. The van der Waals surface area contributed by atoms with E-state index >= 15 is 0 Å². The highest BCUT2D eigenvalue weighted by atomic mass is 16.5. The van der Waals surface area contributed by atoms with Gasteiger partial charge in [0.2, 0.25) is 0 Å². The standard InChI is InChI=1S/C22H30N2O4/c1-16(2)15-28-19-8-6-5-7-18(19)14-24-22(25)23-12-11-17-9-10-20(26-3)21(13-17)27-4/h5-10,13,16H,11-12,14-15H2,1-4H3,(H2,23,24,25). The van der Waals surface area contributed by atoms with E-state index in [4.69, 9.17) is 14.2 Å². The molecule has 152 valence electrons. The van der Waals surface area contributed by atoms with Crippen molar-refractivity contribution in [2.75, 3.05) is 27.4 Å². The Morgan fingerprint density at radius 2 is 1.71 bits per heavy atom. The molecule has 2 amide bonds. The minimum atomic E-state index is -0.209. The van der Waals surface area contributed by atoms with Crippen LogP contribution in [0.15, 0.2) is 42.5 Å². The van der Waals surface area contributed by atoms with Crippen molar-refractivity contribution in [2.24, 2.45) is 5.92 Å². The third kappa shape index (κ3) is 6.68. The molecule has 0 unspecified atom stereocenters. The first kappa shape index (κ1) is 21.4. The molecule has 0 aliphatic rings. The van der Waals surface area contributed by atoms with Gasteiger partial charge in [0.15, 0.2) is 11.5 Å². The van der Waals surface area contributed by atoms with E-state index < -0.39 is 0 Å². The average molecular weight is 386 g/mol. The molecule has 0 saturated carbocycles. The summed E-state index contributed by atoms with van der Waals surface area (Å²) in [5, 5.41) is 5.75. The number of amides is 2. The van der Waals surface area contributed by atoms with E-state index in [0.717, 1.165) is 16.9 Å². The molecule has 0 fully saturated rings. The first-order valence-corrected chi connectivity index (χ1v) is 9.46. The zero-order valence-electron chi connectivity index (χ0n) is 17.1. The number of hydrogen-bond donors (Lipinski definition) is 2. The van der Waals surface area contributed by atoms with E-state index in [1.54, 1.807) is 14.2 Å². The fourth-order valence-electron chi connectivity index (χ4n) is 2.64. The molecule has 0 aliphatic heterocycles. The number of rotatable bonds is 10. The maximum absolute atomic E-state index is 12.1. The molecule has 6 nitrogen and oxygen atoms in total. The number of ether oxygens (including phenoxy) is 3. The van der Waals surface area contributed by atoms with Gasteiger partial charge in [-0.3, -0.25) is 0 Å². The molecule has 2 aromatic carbocycles. The molecule has 6 heteroatoms. The van der Waals surface area contributed by atoms with Crippen LogP contribution in [-0.2, 0) is 13.0 Å². The van der Waals surface area contributed by atoms with Crippen molar-refractivity contribution in [1.29, 1.82) is 0 Å². The van der Waals surface area contributed by atoms with Crippen molar-refractivity contribution in [2.45, 2.75) is 26.8 Å². The van der Waals surface area contributed by atoms with Crippen molar-refractivity contribution in [1.82, 2.24) is 10.6 Å². The number of urea groups is 1. The third-order valence-electron chi connectivity index (χ3n) is 4.13. The van der Waals surface area contributed by atoms with E-state index in [1.165, 1.54) is 0 Å². The van der Waals surface area contributed by atoms with Crippen molar-refractivity contribution in [3.63, 3.8) is 0 Å². The lowest BCUT2D eigenvalue weighted by molar-refractivity contribution is 0.240. The van der Waals surface area contributed by atoms with Crippen LogP contribution in [0.1, 0.15) is 25.0 Å². The normalized spacial score (nSPS) is 10.5. The Balaban J connectivity index is 1.79. The number of nitrogens with one attached hydrogen (secondary N) is 2. The summed E-state index contributed by atoms with van der Waals surface area (Å²) in [6.07, 6.45) is 0.696. The summed E-state index contributed by atoms with van der Waals surface area (Å²) in [6, 6.07) is 13.3. The van der Waals surface area contributed by atoms with E-state index in [1.807, 2.05) is 42.5 Å². The molecule has 0 aliphatic carbocycles. The Morgan fingerprint density at radius 1 is 0.964 bits per heavy atom. The zero-order chi connectivity index (χ0) is 20.4. The lowest BCUT2D eigenvalue weighted by Gasteiger charge is -2.14. The summed E-state index contributed by atoms with van der Waals surface area (Å²) in [7, 11) is 3.21. The van der Waals surface area contributed by atoms with E-state index in [0.29, 0.717) is 43.5 Å². The van der Waals surface area contributed by atoms with Gasteiger partial charge < -0.3 is 24.8 Å². The van der Waals surface area contributed by atoms with Gasteiger partial charge in [-0.25, -0.2) is 4.79 Å². The molecule has 0 radical (unpaired) electrons. The maximum Gasteiger partial charge on any atom is 0.315 e. The van der Waals surface area contributed by atoms with Crippen LogP contribution in [0.3, 0.4) is 0 Å². The number of carbonyl (C=O) groups excluding carboxylic acids is 1. The number of methoxy groups -OCH3 is 2. The topological polar surface area (TPSA) is 68.8 Å². The average Bonchev–Trinajstić information content (AvgIpc) is 2.71. The minimum absolute atomic E-state index is 0.209. The number of benzene rings is 2. The van der Waals surface area contributed by atoms with Gasteiger partial charge in [-0.2, -0.15) is 0 Å². The van der Waals surface area contributed by atoms with Gasteiger partial charge in [0.1, 0.15) is 5.75 Å². The molecule has 0 bridgehead atoms. The fourth-order valence-corrected chi connectivity index (χ4v) is 2.64. The molecule has 0 atom stereocenters. The smallest absolute Gasteiger partial charge is 0.315 e. The second-order valence-corrected chi connectivity index (χ2v) is 6.86. The van der Waals surface area contributed by atoms with Crippen LogP contribution in [0.25, 0.3) is 0 Å². The Bertz CT molecular complexity index is 762. The monoisotopic (exact) mass is 386 g/mol. The van der Waals surface area contributed by atoms with Gasteiger partial charge in [0, 0.05) is 18.7 Å². The van der Waals surface area contributed by atoms with Crippen LogP contribution in [0.2, 0.25) is 0 Å². The summed E-state index contributed by atoms with van der Waals surface area (Å²) >= 11 is 0. The zero-order valence-corrected chi connectivity index (χ0v) is 17.1. The first-order valence-electron chi connectivity index (χ1n) is 9.46. The highest BCUT2D eigenvalue weighted by molar-refractivity contribution is 5.73. The van der Waals surface area contributed by atoms with Gasteiger partial charge in [0.05, 0.1) is 20.8 Å². The summed E-state index contributed by atoms with van der Waals surface area (Å²) in [4.78, 5) is 12.1. The number of carbonyl (C=O) groups is 1. The van der Waals surface area contributed by atoms with Gasteiger partial charge in [-0.1, -0.05) is 38.1 Å². The number of hydrogen-bond acceptors (Lipinski definition) is 4. The summed E-state index contributed by atoms with van der Waals surface area (Å²) < 4.78 is 16.4. The van der Waals surface area contributed by atoms with Crippen LogP contribution in [0.4, 0.5) is 4.79 Å². The summed E-state index contributed by atoms with van der Waals surface area (Å²) in [6.45, 7) is 5.79. The Kier molecular flexibility index (Phi) is 8.46. The molecule has 28 heavy (non-hydrogen) atoms. The molecule has 2 aromatic rings. The lowest BCUT2D eigenvalue weighted by Crippen LogP contribution is -2.36. The van der Waals surface area contributed by atoms with Crippen molar-refractivity contribution in [3.8, 4) is 17.2 Å². The lowest BCUT2D eigenvalue weighted by atomic mass is 10.1. The Morgan fingerprint density at radius 3 is 2.43 bits per heavy atom. The second-order valence-electron chi connectivity index (χ2n) is 6.86. The summed E-state index contributed by atoms with van der Waals surface area (Å²) in [5.74, 6) is 2.63. The molecule has 0 spiro atoms. The quantitative estimate of drug-likeness (QED) is 0.652. The van der Waals surface area contributed by atoms with E-state index in [2.05, 4.69) is 24.5 Å². The minimum Gasteiger partial charge on any atom is -0.493 e. The van der Waals surface area contributed by atoms with Crippen LogP contribution in [0.5, 0.6) is 17.2 Å². The van der Waals surface area contributed by atoms with Crippen molar-refractivity contribution < 1.29 is 19.0 Å². The largest absolute Gasteiger partial charge is 0.493 e. The predicted molar refractivity (Wildman–Crippen MR) is 110 cm³/mol. The molecule has 0 aromatic heterocycles. The van der Waals surface area contributed by atoms with Gasteiger partial charge in [0.25, 0.3) is 0 Å². The van der Waals surface area contributed by atoms with Crippen LogP contribution < -0.4 is 24.8 Å². The van der Waals surface area contributed by atoms with Crippen LogP contribution in [0, 0.1) is 5.92 Å². The molecule has 2 rings (SSSR count). The van der Waals surface area contributed by atoms with Crippen molar-refractivity contribution in [3.05, 3.63) is 53.6 Å². The van der Waals surface area contributed by atoms with E-state index in [-0.39, 0.29) is 6.03 Å². The third-order valence-corrected chi connectivity index (χ3v) is 4.13. The highest BCUT2D eigenvalue weighted by Crippen LogP contribution is 2.27. The SMILES string of the molecule is COc1ccc(CCNC(=O)NCc2ccccc2OCC(C)C)cc1OC. The maximum atomic E-state index is 12.1. The highest BCUT2D eigenvalue weighted by Gasteiger charge is 2.08. The van der Waals surface area contributed by atoms with Crippen LogP contribution in [-0.4, -0.2) is 33.4 Å². The molecular formula is C22H30N2O4. The van der Waals surface area contributed by atoms with Gasteiger partial charge in [-0.15, -0.1) is 0 Å². The predicted octanol–water partition coefficient (Wildman–Crippen LogP) is 3.78. The molecule has 0 heterocycles. The first-order chi connectivity index (χ1) is 13.5. The molecule has 2 N–H and O–H groups in total. The van der Waals surface area contributed by atoms with Crippen LogP contribution >= 0.6 is 0 Å². The number of para-hydroxylation sites is 1. The molecule has 0 saturated heterocycles. The van der Waals surface area contributed by atoms with E-state index in [9.17, 15) is 4.79 Å². The van der Waals surface area contributed by atoms with Gasteiger partial charge >= 0.3 is 6.03 Å². The molecular weight excluding hydrogens is 356 g/mol. The Hall–Kier alpha value is -2.89. The van der Waals surface area contributed by atoms with Gasteiger partial charge in [-0.05, 0) is 36.1 Å².